The van der Waals surface area contributed by atoms with E-state index in [9.17, 15) is 32.3 Å². The molecule has 2 atom stereocenters. The Morgan fingerprint density at radius 3 is 2.62 bits per heavy atom. The monoisotopic (exact) mass is 623 g/mol. The Hall–Kier alpha value is -3.88. The zero-order chi connectivity index (χ0) is 30.6. The fourth-order valence-corrected chi connectivity index (χ4v) is 5.51. The summed E-state index contributed by atoms with van der Waals surface area (Å²) in [4.78, 5) is 37.7. The lowest BCUT2D eigenvalue weighted by Gasteiger charge is -2.31. The number of ether oxygens (including phenoxy) is 1. The minimum absolute atomic E-state index is 0.0448. The number of aryl methyl sites for hydroxylation is 1. The molecule has 5 rings (SSSR count). The van der Waals surface area contributed by atoms with Crippen LogP contribution in [0.25, 0.3) is 21.6 Å². The molecule has 220 valence electrons. The molecule has 42 heavy (non-hydrogen) atoms. The maximum Gasteiger partial charge on any atom is 0.424 e. The van der Waals surface area contributed by atoms with Crippen molar-refractivity contribution in [2.45, 2.75) is 37.5 Å². The van der Waals surface area contributed by atoms with E-state index < -0.39 is 47.1 Å². The standard InChI is InChI=1S/C27H22ClF4N5O4S/c1-3-19-37-22-17(42-19)7-13(9-34-22)23(38)35-10-26(40,27(30,31)32)18-8-14-21(41-11-25(14,2)24(33)39)20(36-18)12-4-5-16(29)15(28)6-12/h4-9,40H,3,10-11H2,1-2H3,(H2,33,39)(H,35,38)/t25-,26-/m0/s1. The van der Waals surface area contributed by atoms with Crippen LogP contribution in [0.2, 0.25) is 5.02 Å². The second-order valence-electron chi connectivity index (χ2n) is 9.89. The molecule has 0 spiro atoms. The number of hydrogen-bond acceptors (Lipinski definition) is 8. The van der Waals surface area contributed by atoms with Gasteiger partial charge in [0.25, 0.3) is 5.91 Å². The summed E-state index contributed by atoms with van der Waals surface area (Å²) in [6, 6.07) is 5.62. The lowest BCUT2D eigenvalue weighted by atomic mass is 9.81. The van der Waals surface area contributed by atoms with Crippen molar-refractivity contribution in [3.8, 4) is 17.0 Å². The van der Waals surface area contributed by atoms with Crippen LogP contribution in [-0.4, -0.2) is 51.2 Å². The number of aliphatic hydroxyl groups is 1. The van der Waals surface area contributed by atoms with Gasteiger partial charge in [0.05, 0.1) is 32.5 Å². The van der Waals surface area contributed by atoms with Gasteiger partial charge in [-0.25, -0.2) is 19.3 Å². The number of halogens is 5. The van der Waals surface area contributed by atoms with Gasteiger partial charge in [-0.15, -0.1) is 11.3 Å². The molecule has 15 heteroatoms. The summed E-state index contributed by atoms with van der Waals surface area (Å²) in [6.45, 7) is 1.59. The van der Waals surface area contributed by atoms with E-state index in [0.29, 0.717) is 16.8 Å². The highest BCUT2D eigenvalue weighted by Gasteiger charge is 2.57. The number of pyridine rings is 2. The van der Waals surface area contributed by atoms with E-state index in [4.69, 9.17) is 22.1 Å². The van der Waals surface area contributed by atoms with Gasteiger partial charge in [-0.3, -0.25) is 9.59 Å². The molecule has 2 amide bonds. The number of rotatable bonds is 7. The van der Waals surface area contributed by atoms with Crippen molar-refractivity contribution < 1.29 is 37.0 Å². The number of carbonyl (C=O) groups excluding carboxylic acids is 2. The van der Waals surface area contributed by atoms with Crippen LogP contribution in [0.1, 0.15) is 40.5 Å². The Balaban J connectivity index is 1.58. The number of amides is 2. The molecule has 0 aliphatic carbocycles. The summed E-state index contributed by atoms with van der Waals surface area (Å²) in [5.41, 5.74) is -0.614. The summed E-state index contributed by atoms with van der Waals surface area (Å²) in [6.07, 6.45) is -3.55. The topological polar surface area (TPSA) is 140 Å². The predicted molar refractivity (Wildman–Crippen MR) is 146 cm³/mol. The smallest absolute Gasteiger partial charge is 0.424 e. The third kappa shape index (κ3) is 4.92. The molecule has 0 fully saturated rings. The first-order valence-corrected chi connectivity index (χ1v) is 13.6. The Morgan fingerprint density at radius 2 is 1.98 bits per heavy atom. The van der Waals surface area contributed by atoms with Crippen molar-refractivity contribution in [3.05, 3.63) is 69.2 Å². The van der Waals surface area contributed by atoms with Crippen LogP contribution in [-0.2, 0) is 22.2 Å². The van der Waals surface area contributed by atoms with Crippen molar-refractivity contribution in [2.24, 2.45) is 5.73 Å². The summed E-state index contributed by atoms with van der Waals surface area (Å²) in [7, 11) is 0. The van der Waals surface area contributed by atoms with Gasteiger partial charge in [0.15, 0.2) is 5.65 Å². The number of primary amides is 1. The Bertz CT molecular complexity index is 1750. The number of hydrogen-bond donors (Lipinski definition) is 3. The van der Waals surface area contributed by atoms with Crippen molar-refractivity contribution in [1.82, 2.24) is 20.3 Å². The van der Waals surface area contributed by atoms with E-state index in [1.807, 2.05) is 6.92 Å². The SMILES string of the molecule is CCc1nc2ncc(C(=O)NC[C@](O)(c3cc4c(c(-c5ccc(F)c(Cl)c5)n3)OC[C@]4(C)C(N)=O)C(F)(F)F)cc2s1. The maximum absolute atomic E-state index is 14.6. The van der Waals surface area contributed by atoms with E-state index in [-0.39, 0.29) is 39.8 Å². The molecule has 4 heterocycles. The van der Waals surface area contributed by atoms with E-state index in [1.54, 1.807) is 0 Å². The second kappa shape index (κ2) is 10.4. The Labute approximate surface area is 244 Å². The summed E-state index contributed by atoms with van der Waals surface area (Å²) in [5.74, 6) is -2.70. The molecule has 9 nitrogen and oxygen atoms in total. The number of alkyl halides is 3. The molecule has 0 saturated carbocycles. The summed E-state index contributed by atoms with van der Waals surface area (Å²) < 4.78 is 63.9. The van der Waals surface area contributed by atoms with Crippen molar-refractivity contribution in [3.63, 3.8) is 0 Å². The van der Waals surface area contributed by atoms with Crippen LogP contribution in [0.3, 0.4) is 0 Å². The number of benzene rings is 1. The average molecular weight is 624 g/mol. The van der Waals surface area contributed by atoms with Crippen molar-refractivity contribution in [2.75, 3.05) is 13.2 Å². The molecule has 1 aliphatic heterocycles. The van der Waals surface area contributed by atoms with Crippen LogP contribution in [0, 0.1) is 5.82 Å². The van der Waals surface area contributed by atoms with Gasteiger partial charge in [0, 0.05) is 17.3 Å². The summed E-state index contributed by atoms with van der Waals surface area (Å²) >= 11 is 7.20. The molecule has 3 aromatic heterocycles. The van der Waals surface area contributed by atoms with Crippen molar-refractivity contribution >= 4 is 45.1 Å². The molecule has 4 N–H and O–H groups in total. The maximum atomic E-state index is 14.6. The number of thiazole rings is 1. The summed E-state index contributed by atoms with van der Waals surface area (Å²) in [5, 5.41) is 13.7. The van der Waals surface area contributed by atoms with Gasteiger partial charge in [-0.05, 0) is 43.7 Å². The number of nitrogens with zero attached hydrogens (tertiary/aromatic N) is 3. The fourth-order valence-electron chi connectivity index (χ4n) is 4.42. The van der Waals surface area contributed by atoms with E-state index in [2.05, 4.69) is 20.3 Å². The highest BCUT2D eigenvalue weighted by molar-refractivity contribution is 7.18. The second-order valence-corrected chi connectivity index (χ2v) is 11.4. The first-order valence-electron chi connectivity index (χ1n) is 12.4. The van der Waals surface area contributed by atoms with Crippen LogP contribution >= 0.6 is 22.9 Å². The van der Waals surface area contributed by atoms with Gasteiger partial charge < -0.3 is 20.9 Å². The zero-order valence-electron chi connectivity index (χ0n) is 22.0. The first-order chi connectivity index (χ1) is 19.7. The minimum atomic E-state index is -5.36. The Kier molecular flexibility index (Phi) is 7.36. The van der Waals surface area contributed by atoms with E-state index in [1.165, 1.54) is 36.6 Å². The quantitative estimate of drug-likeness (QED) is 0.259. The third-order valence-corrected chi connectivity index (χ3v) is 8.49. The predicted octanol–water partition coefficient (Wildman–Crippen LogP) is 4.42. The van der Waals surface area contributed by atoms with Gasteiger partial charge in [-0.1, -0.05) is 18.5 Å². The first kappa shape index (κ1) is 29.6. The highest BCUT2D eigenvalue weighted by atomic mass is 35.5. The number of carbonyl (C=O) groups is 2. The molecule has 0 bridgehead atoms. The van der Waals surface area contributed by atoms with Gasteiger partial charge in [-0.2, -0.15) is 13.2 Å². The molecule has 0 saturated heterocycles. The van der Waals surface area contributed by atoms with E-state index in [0.717, 1.165) is 23.2 Å². The molecular formula is C27H22ClF4N5O4S. The number of nitrogens with one attached hydrogen (secondary N) is 1. The third-order valence-electron chi connectivity index (χ3n) is 7.06. The minimum Gasteiger partial charge on any atom is -0.489 e. The van der Waals surface area contributed by atoms with Crippen LogP contribution in [0.5, 0.6) is 5.75 Å². The average Bonchev–Trinajstić information content (AvgIpc) is 3.53. The van der Waals surface area contributed by atoms with Crippen molar-refractivity contribution in [1.29, 1.82) is 0 Å². The lowest BCUT2D eigenvalue weighted by molar-refractivity contribution is -0.265. The zero-order valence-corrected chi connectivity index (χ0v) is 23.5. The number of nitrogens with two attached hydrogens (primary N) is 1. The van der Waals surface area contributed by atoms with E-state index >= 15 is 0 Å². The van der Waals surface area contributed by atoms with Crippen LogP contribution in [0.4, 0.5) is 17.6 Å². The van der Waals surface area contributed by atoms with Gasteiger partial charge in [0.1, 0.15) is 29.3 Å². The number of fused-ring (bicyclic) bond motifs is 2. The number of aromatic nitrogens is 3. The lowest BCUT2D eigenvalue weighted by Crippen LogP contribution is -2.51. The molecule has 4 aromatic rings. The fraction of sp³-hybridized carbons (Fsp3) is 0.296. The largest absolute Gasteiger partial charge is 0.489 e. The normalized spacial score (nSPS) is 17.9. The molecule has 0 radical (unpaired) electrons. The Morgan fingerprint density at radius 1 is 1.24 bits per heavy atom. The van der Waals surface area contributed by atoms with Crippen LogP contribution in [0.15, 0.2) is 36.5 Å². The molecule has 1 aromatic carbocycles. The van der Waals surface area contributed by atoms with Gasteiger partial charge >= 0.3 is 6.18 Å². The van der Waals surface area contributed by atoms with Gasteiger partial charge in [0.2, 0.25) is 11.5 Å². The molecule has 0 unspecified atom stereocenters. The van der Waals surface area contributed by atoms with Crippen LogP contribution < -0.4 is 15.8 Å². The molecular weight excluding hydrogens is 602 g/mol. The highest BCUT2D eigenvalue weighted by Crippen LogP contribution is 2.48. The molecule has 1 aliphatic rings.